The predicted octanol–water partition coefficient (Wildman–Crippen LogP) is 1.44. The van der Waals surface area contributed by atoms with E-state index in [2.05, 4.69) is 6.58 Å². The van der Waals surface area contributed by atoms with Crippen molar-refractivity contribution in [3.05, 3.63) is 96.3 Å². The minimum Gasteiger partial charge on any atom is -0.492 e. The van der Waals surface area contributed by atoms with Crippen molar-refractivity contribution in [2.24, 2.45) is 0 Å². The number of ether oxygens (including phenoxy) is 5. The molecule has 0 unspecified atom stereocenters. The van der Waals surface area contributed by atoms with Crippen molar-refractivity contribution in [2.75, 3.05) is 13.2 Å². The maximum Gasteiger partial charge on any atom is 0.187 e. The van der Waals surface area contributed by atoms with Crippen molar-refractivity contribution in [3.63, 3.8) is 0 Å². The molecule has 0 saturated carbocycles. The van der Waals surface area contributed by atoms with E-state index in [0.29, 0.717) is 12.2 Å². The van der Waals surface area contributed by atoms with Crippen molar-refractivity contribution in [1.82, 2.24) is 0 Å². The molecule has 200 valence electrons. The Balaban J connectivity index is 1.54. The first-order valence-electron chi connectivity index (χ1n) is 12.2. The zero-order valence-corrected chi connectivity index (χ0v) is 20.4. The molecule has 1 saturated heterocycles. The summed E-state index contributed by atoms with van der Waals surface area (Å²) in [5.74, 6) is 0. The Kier molecular flexibility index (Phi) is 9.84. The molecule has 2 aromatic rings. The lowest BCUT2D eigenvalue weighted by atomic mass is 9.96. The second kappa shape index (κ2) is 13.3. The Hall–Kier alpha value is -2.60. The van der Waals surface area contributed by atoms with Crippen LogP contribution in [0, 0.1) is 0 Å². The molecule has 2 heterocycles. The van der Waals surface area contributed by atoms with E-state index in [0.717, 1.165) is 11.1 Å². The number of rotatable bonds is 11. The lowest BCUT2D eigenvalue weighted by Gasteiger charge is -2.44. The predicted molar refractivity (Wildman–Crippen MR) is 133 cm³/mol. The molecule has 2 aromatic carbocycles. The SMILES string of the molecule is C=CC1=CO[C@H](COCc2ccccc2)[C@@H](O[C@@H]2O[C@H](CO)[C@H](O)[C@H](O)[C@H]2O)[C@@H]1OCc1ccccc1. The molecule has 0 aliphatic carbocycles. The van der Waals surface area contributed by atoms with E-state index in [4.69, 9.17) is 23.7 Å². The van der Waals surface area contributed by atoms with Gasteiger partial charge in [0, 0.05) is 5.57 Å². The van der Waals surface area contributed by atoms with Crippen LogP contribution in [0.2, 0.25) is 0 Å². The molecule has 1 fully saturated rings. The zero-order valence-electron chi connectivity index (χ0n) is 20.4. The van der Waals surface area contributed by atoms with Crippen molar-refractivity contribution in [1.29, 1.82) is 0 Å². The van der Waals surface area contributed by atoms with Crippen LogP contribution in [0.15, 0.2) is 85.2 Å². The van der Waals surface area contributed by atoms with E-state index >= 15 is 0 Å². The van der Waals surface area contributed by atoms with Gasteiger partial charge in [-0.05, 0) is 11.1 Å². The van der Waals surface area contributed by atoms with Crippen LogP contribution < -0.4 is 0 Å². The molecule has 0 radical (unpaired) electrons. The number of benzene rings is 2. The van der Waals surface area contributed by atoms with Gasteiger partial charge in [0.15, 0.2) is 12.4 Å². The Bertz CT molecular complexity index is 997. The highest BCUT2D eigenvalue weighted by Crippen LogP contribution is 2.31. The molecule has 9 heteroatoms. The fourth-order valence-corrected chi connectivity index (χ4v) is 4.31. The van der Waals surface area contributed by atoms with Crippen molar-refractivity contribution in [2.45, 2.75) is 62.2 Å². The smallest absolute Gasteiger partial charge is 0.187 e. The van der Waals surface area contributed by atoms with Gasteiger partial charge in [0.2, 0.25) is 0 Å². The molecule has 9 nitrogen and oxygen atoms in total. The second-order valence-corrected chi connectivity index (χ2v) is 9.01. The van der Waals surface area contributed by atoms with Gasteiger partial charge in [0.1, 0.15) is 36.6 Å². The topological polar surface area (TPSA) is 127 Å². The van der Waals surface area contributed by atoms with Crippen molar-refractivity contribution in [3.8, 4) is 0 Å². The van der Waals surface area contributed by atoms with Gasteiger partial charge < -0.3 is 44.1 Å². The Morgan fingerprint density at radius 3 is 2.11 bits per heavy atom. The molecule has 37 heavy (non-hydrogen) atoms. The highest BCUT2D eigenvalue weighted by atomic mass is 16.7. The highest BCUT2D eigenvalue weighted by Gasteiger charge is 2.48. The number of aliphatic hydroxyl groups excluding tert-OH is 4. The molecular formula is C28H34O9. The summed E-state index contributed by atoms with van der Waals surface area (Å²) in [7, 11) is 0. The standard InChI is InChI=1S/C28H34O9/c1-2-20-16-34-22(17-33-14-18-9-5-3-6-10-18)27(26(20)35-15-19-11-7-4-8-12-19)37-28-25(32)24(31)23(30)21(13-29)36-28/h2-12,16,21-32H,1,13-15,17H2/t21-,22-,23+,24+,25-,26-,27-,28+/m1/s1. The van der Waals surface area contributed by atoms with E-state index in [1.54, 1.807) is 12.3 Å². The Morgan fingerprint density at radius 2 is 1.49 bits per heavy atom. The Labute approximate surface area is 216 Å². The van der Waals surface area contributed by atoms with Gasteiger partial charge in [0.05, 0.1) is 32.7 Å². The molecule has 2 aliphatic rings. The van der Waals surface area contributed by atoms with Crippen LogP contribution in [0.25, 0.3) is 0 Å². The summed E-state index contributed by atoms with van der Waals surface area (Å²) < 4.78 is 29.9. The second-order valence-electron chi connectivity index (χ2n) is 9.01. The van der Waals surface area contributed by atoms with Crippen molar-refractivity contribution < 1.29 is 44.1 Å². The minimum atomic E-state index is -1.58. The maximum absolute atomic E-state index is 10.6. The van der Waals surface area contributed by atoms with E-state index in [9.17, 15) is 20.4 Å². The van der Waals surface area contributed by atoms with Crippen LogP contribution in [0.5, 0.6) is 0 Å². The lowest BCUT2D eigenvalue weighted by Crippen LogP contribution is -2.61. The molecule has 2 aliphatic heterocycles. The van der Waals surface area contributed by atoms with Crippen LogP contribution >= 0.6 is 0 Å². The van der Waals surface area contributed by atoms with Crippen molar-refractivity contribution >= 4 is 0 Å². The van der Waals surface area contributed by atoms with Crippen LogP contribution in [0.3, 0.4) is 0 Å². The van der Waals surface area contributed by atoms with E-state index in [-0.39, 0.29) is 13.2 Å². The fourth-order valence-electron chi connectivity index (χ4n) is 4.31. The summed E-state index contributed by atoms with van der Waals surface area (Å²) in [5.41, 5.74) is 2.55. The number of hydrogen-bond donors (Lipinski definition) is 4. The summed E-state index contributed by atoms with van der Waals surface area (Å²) in [6.45, 7) is 4.03. The first-order chi connectivity index (χ1) is 18.0. The largest absolute Gasteiger partial charge is 0.492 e. The van der Waals surface area contributed by atoms with E-state index in [1.807, 2.05) is 60.7 Å². The van der Waals surface area contributed by atoms with Gasteiger partial charge in [-0.15, -0.1) is 0 Å². The minimum absolute atomic E-state index is 0.128. The molecule has 0 aromatic heterocycles. The zero-order chi connectivity index (χ0) is 26.2. The van der Waals surface area contributed by atoms with Gasteiger partial charge in [-0.2, -0.15) is 0 Å². The third-order valence-corrected chi connectivity index (χ3v) is 6.41. The summed E-state index contributed by atoms with van der Waals surface area (Å²) in [5, 5.41) is 40.6. The normalized spacial score (nSPS) is 31.8. The van der Waals surface area contributed by atoms with Gasteiger partial charge in [0.25, 0.3) is 0 Å². The van der Waals surface area contributed by atoms with Gasteiger partial charge in [-0.25, -0.2) is 0 Å². The highest BCUT2D eigenvalue weighted by molar-refractivity contribution is 5.24. The third-order valence-electron chi connectivity index (χ3n) is 6.41. The van der Waals surface area contributed by atoms with E-state index in [1.165, 1.54) is 0 Å². The van der Waals surface area contributed by atoms with Crippen LogP contribution in [0.1, 0.15) is 11.1 Å². The maximum atomic E-state index is 10.6. The first kappa shape index (κ1) is 27.4. The van der Waals surface area contributed by atoms with Gasteiger partial charge in [-0.1, -0.05) is 73.3 Å². The molecule has 0 bridgehead atoms. The molecule has 4 N–H and O–H groups in total. The summed E-state index contributed by atoms with van der Waals surface area (Å²) in [4.78, 5) is 0. The third kappa shape index (κ3) is 6.84. The number of hydrogen-bond acceptors (Lipinski definition) is 9. The monoisotopic (exact) mass is 514 g/mol. The average Bonchev–Trinajstić information content (AvgIpc) is 2.94. The quantitative estimate of drug-likeness (QED) is 0.352. The first-order valence-corrected chi connectivity index (χ1v) is 12.2. The summed E-state index contributed by atoms with van der Waals surface area (Å²) >= 11 is 0. The van der Waals surface area contributed by atoms with Gasteiger partial charge >= 0.3 is 0 Å². The van der Waals surface area contributed by atoms with Crippen LogP contribution in [-0.2, 0) is 36.9 Å². The van der Waals surface area contributed by atoms with E-state index < -0.39 is 55.6 Å². The molecule has 8 atom stereocenters. The molecule has 4 rings (SSSR count). The van der Waals surface area contributed by atoms with Crippen LogP contribution in [-0.4, -0.2) is 82.7 Å². The molecule has 0 spiro atoms. The Morgan fingerprint density at radius 1 is 0.838 bits per heavy atom. The lowest BCUT2D eigenvalue weighted by molar-refractivity contribution is -0.326. The summed E-state index contributed by atoms with van der Waals surface area (Å²) in [6, 6.07) is 19.3. The van der Waals surface area contributed by atoms with Gasteiger partial charge in [-0.3, -0.25) is 0 Å². The molecule has 0 amide bonds. The molecular weight excluding hydrogens is 480 g/mol. The fraction of sp³-hybridized carbons (Fsp3) is 0.429. The number of aliphatic hydroxyl groups is 4. The summed E-state index contributed by atoms with van der Waals surface area (Å²) in [6.07, 6.45) is -6.17. The van der Waals surface area contributed by atoms with Crippen LogP contribution in [0.4, 0.5) is 0 Å². The average molecular weight is 515 g/mol.